The topological polar surface area (TPSA) is 94.5 Å². The predicted octanol–water partition coefficient (Wildman–Crippen LogP) is 3.76. The Morgan fingerprint density at radius 3 is 2.42 bits per heavy atom. The molecule has 2 aromatic carbocycles. The molecular formula is C19H16N2O5. The Hall–Kier alpha value is -3.61. The van der Waals surface area contributed by atoms with Crippen LogP contribution in [0.25, 0.3) is 28.1 Å². The first-order valence-electron chi connectivity index (χ1n) is 7.69. The van der Waals surface area contributed by atoms with E-state index in [2.05, 4.69) is 11.6 Å². The van der Waals surface area contributed by atoms with E-state index in [1.165, 1.54) is 26.4 Å². The Labute approximate surface area is 148 Å². The summed E-state index contributed by atoms with van der Waals surface area (Å²) in [6, 6.07) is 9.41. The lowest BCUT2D eigenvalue weighted by Gasteiger charge is -2.13. The lowest BCUT2D eigenvalue weighted by molar-refractivity contribution is -0.383. The van der Waals surface area contributed by atoms with Crippen molar-refractivity contribution < 1.29 is 14.4 Å². The van der Waals surface area contributed by atoms with Gasteiger partial charge in [0.05, 0.1) is 29.9 Å². The van der Waals surface area contributed by atoms with E-state index in [1.807, 2.05) is 0 Å². The third-order valence-corrected chi connectivity index (χ3v) is 4.13. The fourth-order valence-electron chi connectivity index (χ4n) is 2.87. The van der Waals surface area contributed by atoms with Crippen LogP contribution in [0.15, 0.2) is 47.8 Å². The number of nitro groups is 1. The summed E-state index contributed by atoms with van der Waals surface area (Å²) in [6.45, 7) is 3.78. The van der Waals surface area contributed by atoms with E-state index in [1.54, 1.807) is 30.3 Å². The number of ether oxygens (including phenoxy) is 2. The van der Waals surface area contributed by atoms with Gasteiger partial charge in [0.15, 0.2) is 11.5 Å². The quantitative estimate of drug-likeness (QED) is 0.557. The Bertz CT molecular complexity index is 1090. The lowest BCUT2D eigenvalue weighted by Crippen LogP contribution is -2.08. The van der Waals surface area contributed by atoms with Crippen LogP contribution in [0.3, 0.4) is 0 Å². The number of aromatic amines is 1. The van der Waals surface area contributed by atoms with Crippen molar-refractivity contribution in [1.29, 1.82) is 0 Å². The number of benzene rings is 2. The number of non-ortho nitro benzene ring substituents is 1. The first kappa shape index (κ1) is 17.2. The molecule has 0 fully saturated rings. The largest absolute Gasteiger partial charge is 0.493 e. The van der Waals surface area contributed by atoms with Crippen LogP contribution in [0.4, 0.5) is 5.69 Å². The zero-order valence-electron chi connectivity index (χ0n) is 14.2. The second kappa shape index (κ2) is 6.72. The van der Waals surface area contributed by atoms with Crippen LogP contribution in [0, 0.1) is 10.1 Å². The zero-order chi connectivity index (χ0) is 18.8. The molecule has 132 valence electrons. The monoisotopic (exact) mass is 352 g/mol. The smallest absolute Gasteiger partial charge is 0.277 e. The van der Waals surface area contributed by atoms with Crippen LogP contribution < -0.4 is 15.0 Å². The lowest BCUT2D eigenvalue weighted by atomic mass is 10.0. The minimum absolute atomic E-state index is 0.129. The third-order valence-electron chi connectivity index (χ3n) is 4.13. The van der Waals surface area contributed by atoms with Gasteiger partial charge in [-0.05, 0) is 29.8 Å². The highest BCUT2D eigenvalue weighted by Crippen LogP contribution is 2.36. The average Bonchev–Trinajstić information content (AvgIpc) is 2.66. The summed E-state index contributed by atoms with van der Waals surface area (Å²) < 4.78 is 10.6. The van der Waals surface area contributed by atoms with E-state index < -0.39 is 10.5 Å². The zero-order valence-corrected chi connectivity index (χ0v) is 14.2. The molecule has 7 heteroatoms. The molecule has 3 aromatic rings. The molecule has 1 heterocycles. The molecule has 0 atom stereocenters. The average molecular weight is 352 g/mol. The van der Waals surface area contributed by atoms with Crippen molar-refractivity contribution in [3.63, 3.8) is 0 Å². The van der Waals surface area contributed by atoms with Gasteiger partial charge in [-0.1, -0.05) is 18.7 Å². The van der Waals surface area contributed by atoms with E-state index in [9.17, 15) is 14.9 Å². The minimum Gasteiger partial charge on any atom is -0.493 e. The van der Waals surface area contributed by atoms with E-state index in [4.69, 9.17) is 9.47 Å². The molecule has 0 bridgehead atoms. The van der Waals surface area contributed by atoms with Crippen molar-refractivity contribution in [3.05, 3.63) is 69.0 Å². The van der Waals surface area contributed by atoms with Crippen molar-refractivity contribution in [2.75, 3.05) is 14.2 Å². The van der Waals surface area contributed by atoms with Gasteiger partial charge in [-0.15, -0.1) is 0 Å². The SMILES string of the molecule is C=Cc1cc(OC)c(OC)cc1-c1cc2c([N+](=O)[O-])cccc2c(=O)[nH]1. The van der Waals surface area contributed by atoms with Crippen LogP contribution >= 0.6 is 0 Å². The number of methoxy groups -OCH3 is 2. The van der Waals surface area contributed by atoms with E-state index in [-0.39, 0.29) is 16.5 Å². The van der Waals surface area contributed by atoms with Gasteiger partial charge in [-0.25, -0.2) is 0 Å². The van der Waals surface area contributed by atoms with Gasteiger partial charge in [0.2, 0.25) is 0 Å². The summed E-state index contributed by atoms with van der Waals surface area (Å²) in [5, 5.41) is 11.8. The molecule has 0 spiro atoms. The highest BCUT2D eigenvalue weighted by atomic mass is 16.6. The van der Waals surface area contributed by atoms with Crippen molar-refractivity contribution in [3.8, 4) is 22.8 Å². The van der Waals surface area contributed by atoms with Crippen molar-refractivity contribution in [2.45, 2.75) is 0 Å². The number of fused-ring (bicyclic) bond motifs is 1. The van der Waals surface area contributed by atoms with Gasteiger partial charge in [-0.3, -0.25) is 14.9 Å². The Morgan fingerprint density at radius 1 is 1.12 bits per heavy atom. The molecule has 0 amide bonds. The summed E-state index contributed by atoms with van der Waals surface area (Å²) in [5.41, 5.74) is 1.19. The number of hydrogen-bond acceptors (Lipinski definition) is 5. The minimum atomic E-state index is -0.505. The summed E-state index contributed by atoms with van der Waals surface area (Å²) in [4.78, 5) is 26.1. The normalized spacial score (nSPS) is 10.5. The van der Waals surface area contributed by atoms with E-state index in [0.29, 0.717) is 28.3 Å². The number of nitrogens with zero attached hydrogens (tertiary/aromatic N) is 1. The molecule has 0 unspecified atom stereocenters. The maximum Gasteiger partial charge on any atom is 0.277 e. The number of H-pyrrole nitrogens is 1. The molecule has 26 heavy (non-hydrogen) atoms. The summed E-state index contributed by atoms with van der Waals surface area (Å²) >= 11 is 0. The van der Waals surface area contributed by atoms with Gasteiger partial charge in [-0.2, -0.15) is 0 Å². The van der Waals surface area contributed by atoms with Crippen molar-refractivity contribution in [2.24, 2.45) is 0 Å². The second-order valence-corrected chi connectivity index (χ2v) is 5.51. The Morgan fingerprint density at radius 2 is 1.81 bits per heavy atom. The molecule has 0 radical (unpaired) electrons. The Kier molecular flexibility index (Phi) is 4.45. The molecule has 0 saturated carbocycles. The van der Waals surface area contributed by atoms with Crippen molar-refractivity contribution in [1.82, 2.24) is 4.98 Å². The third kappa shape index (κ3) is 2.79. The van der Waals surface area contributed by atoms with Crippen LogP contribution in [-0.4, -0.2) is 24.1 Å². The Balaban J connectivity index is 2.36. The fourth-order valence-corrected chi connectivity index (χ4v) is 2.87. The molecule has 1 aromatic heterocycles. The highest BCUT2D eigenvalue weighted by Gasteiger charge is 2.17. The maximum absolute atomic E-state index is 12.5. The van der Waals surface area contributed by atoms with E-state index in [0.717, 1.165) is 0 Å². The van der Waals surface area contributed by atoms with Crippen LogP contribution in [0.2, 0.25) is 0 Å². The second-order valence-electron chi connectivity index (χ2n) is 5.51. The summed E-state index contributed by atoms with van der Waals surface area (Å²) in [6.07, 6.45) is 1.61. The summed E-state index contributed by atoms with van der Waals surface area (Å²) in [7, 11) is 3.02. The number of nitro benzene ring substituents is 1. The molecule has 7 nitrogen and oxygen atoms in total. The molecule has 0 saturated heterocycles. The number of nitrogens with one attached hydrogen (secondary N) is 1. The molecular weight excluding hydrogens is 336 g/mol. The van der Waals surface area contributed by atoms with Crippen LogP contribution in [-0.2, 0) is 0 Å². The predicted molar refractivity (Wildman–Crippen MR) is 99.9 cm³/mol. The first-order valence-corrected chi connectivity index (χ1v) is 7.69. The first-order chi connectivity index (χ1) is 12.5. The highest BCUT2D eigenvalue weighted by molar-refractivity contribution is 5.93. The number of aromatic nitrogens is 1. The van der Waals surface area contributed by atoms with Crippen LogP contribution in [0.5, 0.6) is 11.5 Å². The van der Waals surface area contributed by atoms with E-state index >= 15 is 0 Å². The van der Waals surface area contributed by atoms with Gasteiger partial charge < -0.3 is 14.5 Å². The number of hydrogen-bond donors (Lipinski definition) is 1. The van der Waals surface area contributed by atoms with Gasteiger partial charge in [0.25, 0.3) is 11.2 Å². The standard InChI is InChI=1S/C19H16N2O5/c1-4-11-8-17(25-2)18(26-3)10-13(11)15-9-14-12(19(22)20-15)6-5-7-16(14)21(23)24/h4-10H,1H2,2-3H3,(H,20,22). The molecule has 3 rings (SSSR count). The maximum atomic E-state index is 12.5. The molecule has 0 aliphatic rings. The fraction of sp³-hybridized carbons (Fsp3) is 0.105. The summed E-state index contributed by atoms with van der Waals surface area (Å²) in [5.74, 6) is 0.983. The van der Waals surface area contributed by atoms with Gasteiger partial charge in [0, 0.05) is 17.3 Å². The van der Waals surface area contributed by atoms with Gasteiger partial charge in [0.1, 0.15) is 0 Å². The molecule has 0 aliphatic heterocycles. The molecule has 1 N–H and O–H groups in total. The molecule has 0 aliphatic carbocycles. The van der Waals surface area contributed by atoms with Crippen molar-refractivity contribution >= 4 is 22.5 Å². The van der Waals surface area contributed by atoms with Gasteiger partial charge >= 0.3 is 0 Å². The number of rotatable bonds is 5. The van der Waals surface area contributed by atoms with Crippen LogP contribution in [0.1, 0.15) is 5.56 Å². The number of pyridine rings is 1.